The van der Waals surface area contributed by atoms with Crippen molar-refractivity contribution in [3.8, 4) is 0 Å². The molecule has 0 aliphatic heterocycles. The van der Waals surface area contributed by atoms with Crippen molar-refractivity contribution in [1.82, 2.24) is 9.97 Å². The first-order valence-electron chi connectivity index (χ1n) is 8.71. The zero-order chi connectivity index (χ0) is 19.6. The molecular weight excluding hydrogens is 348 g/mol. The summed E-state index contributed by atoms with van der Waals surface area (Å²) < 4.78 is 10.0. The van der Waals surface area contributed by atoms with Gasteiger partial charge in [0.2, 0.25) is 0 Å². The Balaban J connectivity index is 2.14. The number of esters is 1. The highest BCUT2D eigenvalue weighted by Gasteiger charge is 2.16. The van der Waals surface area contributed by atoms with Crippen molar-refractivity contribution >= 4 is 23.4 Å². The van der Waals surface area contributed by atoms with Gasteiger partial charge in [0.15, 0.2) is 0 Å². The summed E-state index contributed by atoms with van der Waals surface area (Å²) in [4.78, 5) is 33.1. The first-order valence-corrected chi connectivity index (χ1v) is 8.71. The molecule has 0 saturated heterocycles. The highest BCUT2D eigenvalue weighted by atomic mass is 16.5. The second-order valence-corrected chi connectivity index (χ2v) is 5.68. The number of rotatable bonds is 9. The quantitative estimate of drug-likeness (QED) is 0.515. The number of hydrogen-bond acceptors (Lipinski definition) is 7. The van der Waals surface area contributed by atoms with Gasteiger partial charge in [-0.3, -0.25) is 4.79 Å². The van der Waals surface area contributed by atoms with Gasteiger partial charge in [-0.15, -0.1) is 0 Å². The molecule has 2 aromatic rings. The summed E-state index contributed by atoms with van der Waals surface area (Å²) in [5.74, 6) is 0.1000. The van der Waals surface area contributed by atoms with Gasteiger partial charge in [0.1, 0.15) is 17.3 Å². The predicted octanol–water partition coefficient (Wildman–Crippen LogP) is 2.66. The molecule has 1 heterocycles. The van der Waals surface area contributed by atoms with Gasteiger partial charge in [0.05, 0.1) is 17.9 Å². The molecule has 0 spiro atoms. The maximum atomic E-state index is 12.6. The Bertz CT molecular complexity index is 795. The topological polar surface area (TPSA) is 102 Å². The van der Waals surface area contributed by atoms with E-state index in [1.807, 2.05) is 0 Å². The number of anilines is 2. The van der Waals surface area contributed by atoms with Gasteiger partial charge in [-0.1, -0.05) is 12.1 Å². The van der Waals surface area contributed by atoms with E-state index in [0.29, 0.717) is 30.5 Å². The first-order chi connectivity index (χ1) is 13.0. The fraction of sp³-hybridized carbons (Fsp3) is 0.368. The fourth-order valence-corrected chi connectivity index (χ4v) is 2.37. The minimum atomic E-state index is -0.493. The summed E-state index contributed by atoms with van der Waals surface area (Å²) in [6.45, 7) is 4.99. The molecule has 27 heavy (non-hydrogen) atoms. The minimum Gasteiger partial charge on any atom is -0.462 e. The molecule has 0 fully saturated rings. The Morgan fingerprint density at radius 1 is 1.19 bits per heavy atom. The van der Waals surface area contributed by atoms with E-state index in [1.165, 1.54) is 0 Å². The molecule has 144 valence electrons. The summed E-state index contributed by atoms with van der Waals surface area (Å²) in [5, 5.41) is 5.86. The smallest absolute Gasteiger partial charge is 0.340 e. The van der Waals surface area contributed by atoms with Gasteiger partial charge in [0.25, 0.3) is 5.91 Å². The maximum absolute atomic E-state index is 12.6. The number of carbonyl (C=O) groups is 2. The van der Waals surface area contributed by atoms with Gasteiger partial charge >= 0.3 is 5.97 Å². The van der Waals surface area contributed by atoms with Crippen molar-refractivity contribution < 1.29 is 19.1 Å². The number of aryl methyl sites for hydroxylation is 1. The standard InChI is InChI=1S/C19H24N4O4/c1-4-27-19(25)14-8-5-6-9-15(14)23-18(24)16-12-17(22-13(2)21-16)20-10-7-11-26-3/h5-6,8-9,12H,4,7,10-11H2,1-3H3,(H,23,24)(H,20,21,22). The second-order valence-electron chi connectivity index (χ2n) is 5.68. The van der Waals surface area contributed by atoms with E-state index in [4.69, 9.17) is 9.47 Å². The summed E-state index contributed by atoms with van der Waals surface area (Å²) >= 11 is 0. The maximum Gasteiger partial charge on any atom is 0.340 e. The van der Waals surface area contributed by atoms with Crippen molar-refractivity contribution in [2.75, 3.05) is 37.5 Å². The second kappa shape index (κ2) is 10.2. The SMILES string of the molecule is CCOC(=O)c1ccccc1NC(=O)c1cc(NCCCOC)nc(C)n1. The van der Waals surface area contributed by atoms with E-state index in [0.717, 1.165) is 6.42 Å². The Morgan fingerprint density at radius 2 is 1.96 bits per heavy atom. The number of carbonyl (C=O) groups excluding carboxylic acids is 2. The Labute approximate surface area is 158 Å². The van der Waals surface area contributed by atoms with Crippen LogP contribution in [0.25, 0.3) is 0 Å². The highest BCUT2D eigenvalue weighted by Crippen LogP contribution is 2.18. The number of amides is 1. The molecule has 0 aliphatic rings. The van der Waals surface area contributed by atoms with Crippen LogP contribution < -0.4 is 10.6 Å². The molecule has 8 heteroatoms. The number of ether oxygens (including phenoxy) is 2. The summed E-state index contributed by atoms with van der Waals surface area (Å²) in [7, 11) is 1.64. The van der Waals surface area contributed by atoms with Crippen molar-refractivity contribution in [3.05, 3.63) is 47.4 Å². The number of hydrogen-bond donors (Lipinski definition) is 2. The van der Waals surface area contributed by atoms with Crippen LogP contribution in [0.3, 0.4) is 0 Å². The third-order valence-corrected chi connectivity index (χ3v) is 3.57. The molecule has 2 N–H and O–H groups in total. The van der Waals surface area contributed by atoms with Gasteiger partial charge in [0, 0.05) is 26.3 Å². The monoisotopic (exact) mass is 372 g/mol. The first kappa shape index (κ1) is 20.3. The third-order valence-electron chi connectivity index (χ3n) is 3.57. The molecule has 2 rings (SSSR count). The molecule has 8 nitrogen and oxygen atoms in total. The van der Waals surface area contributed by atoms with Crippen LogP contribution in [0.5, 0.6) is 0 Å². The van der Waals surface area contributed by atoms with Gasteiger partial charge in [-0.05, 0) is 32.4 Å². The molecule has 0 aliphatic carbocycles. The molecule has 0 bridgehead atoms. The summed E-state index contributed by atoms with van der Waals surface area (Å²) in [6, 6.07) is 8.25. The zero-order valence-electron chi connectivity index (χ0n) is 15.7. The van der Waals surface area contributed by atoms with Crippen LogP contribution >= 0.6 is 0 Å². The van der Waals surface area contributed by atoms with E-state index in [2.05, 4.69) is 20.6 Å². The van der Waals surface area contributed by atoms with Crippen molar-refractivity contribution in [2.45, 2.75) is 20.3 Å². The zero-order valence-corrected chi connectivity index (χ0v) is 15.7. The Morgan fingerprint density at radius 3 is 2.70 bits per heavy atom. The lowest BCUT2D eigenvalue weighted by molar-refractivity contribution is 0.0527. The van der Waals surface area contributed by atoms with Crippen molar-refractivity contribution in [3.63, 3.8) is 0 Å². The number of para-hydroxylation sites is 1. The van der Waals surface area contributed by atoms with Crippen LogP contribution in [0.15, 0.2) is 30.3 Å². The molecule has 0 atom stereocenters. The Kier molecular flexibility index (Phi) is 7.69. The third kappa shape index (κ3) is 6.03. The lowest BCUT2D eigenvalue weighted by Gasteiger charge is -2.11. The normalized spacial score (nSPS) is 10.3. The molecule has 1 aromatic heterocycles. The number of benzene rings is 1. The van der Waals surface area contributed by atoms with Gasteiger partial charge in [-0.2, -0.15) is 0 Å². The summed E-state index contributed by atoms with van der Waals surface area (Å²) in [5.41, 5.74) is 0.860. The number of aromatic nitrogens is 2. The van der Waals surface area contributed by atoms with Crippen molar-refractivity contribution in [2.24, 2.45) is 0 Å². The Hall–Kier alpha value is -3.00. The number of methoxy groups -OCH3 is 1. The summed E-state index contributed by atoms with van der Waals surface area (Å²) in [6.07, 6.45) is 0.813. The minimum absolute atomic E-state index is 0.204. The van der Waals surface area contributed by atoms with Gasteiger partial charge in [-0.25, -0.2) is 14.8 Å². The fourth-order valence-electron chi connectivity index (χ4n) is 2.37. The van der Waals surface area contributed by atoms with E-state index < -0.39 is 11.9 Å². The lowest BCUT2D eigenvalue weighted by Crippen LogP contribution is -2.18. The van der Waals surface area contributed by atoms with Crippen LogP contribution in [-0.4, -0.2) is 48.7 Å². The van der Waals surface area contributed by atoms with Crippen LogP contribution in [-0.2, 0) is 9.47 Å². The lowest BCUT2D eigenvalue weighted by atomic mass is 10.1. The van der Waals surface area contributed by atoms with Gasteiger partial charge < -0.3 is 20.1 Å². The number of nitrogens with zero attached hydrogens (tertiary/aromatic N) is 2. The molecule has 1 amide bonds. The number of nitrogens with one attached hydrogen (secondary N) is 2. The highest BCUT2D eigenvalue weighted by molar-refractivity contribution is 6.07. The molecule has 1 aromatic carbocycles. The van der Waals surface area contributed by atoms with E-state index >= 15 is 0 Å². The van der Waals surface area contributed by atoms with Crippen LogP contribution in [0.2, 0.25) is 0 Å². The van der Waals surface area contributed by atoms with Crippen LogP contribution in [0, 0.1) is 6.92 Å². The van der Waals surface area contributed by atoms with E-state index in [-0.39, 0.29) is 17.9 Å². The largest absolute Gasteiger partial charge is 0.462 e. The molecular formula is C19H24N4O4. The molecule has 0 saturated carbocycles. The van der Waals surface area contributed by atoms with Crippen LogP contribution in [0.4, 0.5) is 11.5 Å². The average Bonchev–Trinajstić information content (AvgIpc) is 2.65. The van der Waals surface area contributed by atoms with Crippen molar-refractivity contribution in [1.29, 1.82) is 0 Å². The van der Waals surface area contributed by atoms with Crippen LogP contribution in [0.1, 0.15) is 40.0 Å². The molecule has 0 radical (unpaired) electrons. The molecule has 0 unspecified atom stereocenters. The average molecular weight is 372 g/mol. The van der Waals surface area contributed by atoms with E-state index in [9.17, 15) is 9.59 Å². The van der Waals surface area contributed by atoms with E-state index in [1.54, 1.807) is 51.3 Å². The predicted molar refractivity (Wildman–Crippen MR) is 102 cm³/mol.